The van der Waals surface area contributed by atoms with Gasteiger partial charge in [-0.1, -0.05) is 6.07 Å². The number of imidazole rings is 1. The van der Waals surface area contributed by atoms with E-state index in [-0.39, 0.29) is 17.3 Å². The summed E-state index contributed by atoms with van der Waals surface area (Å²) >= 11 is 0. The zero-order valence-electron chi connectivity index (χ0n) is 12.0. The van der Waals surface area contributed by atoms with E-state index in [9.17, 15) is 14.9 Å². The molecule has 24 heavy (non-hydrogen) atoms. The van der Waals surface area contributed by atoms with Crippen molar-refractivity contribution in [3.63, 3.8) is 0 Å². The summed E-state index contributed by atoms with van der Waals surface area (Å²) in [5.41, 5.74) is 4.48. The fourth-order valence-electron chi connectivity index (χ4n) is 1.88. The highest BCUT2D eigenvalue weighted by Crippen LogP contribution is 2.26. The van der Waals surface area contributed by atoms with Crippen molar-refractivity contribution in [3.05, 3.63) is 65.3 Å². The van der Waals surface area contributed by atoms with Gasteiger partial charge in [0, 0.05) is 18.6 Å². The van der Waals surface area contributed by atoms with Gasteiger partial charge in [-0.3, -0.25) is 35.3 Å². The molecule has 0 saturated heterocycles. The van der Waals surface area contributed by atoms with Gasteiger partial charge in [0.2, 0.25) is 11.6 Å². The van der Waals surface area contributed by atoms with Gasteiger partial charge in [0.25, 0.3) is 5.91 Å². The van der Waals surface area contributed by atoms with Crippen molar-refractivity contribution in [2.45, 2.75) is 0 Å². The molecule has 0 saturated carbocycles. The Labute approximate surface area is 134 Å². The first kappa shape index (κ1) is 15.0. The number of pyridine rings is 1. The van der Waals surface area contributed by atoms with Gasteiger partial charge in [0.05, 0.1) is 4.92 Å². The lowest BCUT2D eigenvalue weighted by atomic mass is 10.3. The number of aromatic nitrogens is 5. The van der Waals surface area contributed by atoms with Crippen LogP contribution in [0.4, 0.5) is 11.5 Å². The third-order valence-electron chi connectivity index (χ3n) is 2.93. The highest BCUT2D eigenvalue weighted by Gasteiger charge is 2.24. The van der Waals surface area contributed by atoms with Gasteiger partial charge >= 0.3 is 5.69 Å². The minimum atomic E-state index is -0.648. The van der Waals surface area contributed by atoms with Crippen LogP contribution in [-0.2, 0) is 0 Å². The van der Waals surface area contributed by atoms with Crippen LogP contribution < -0.4 is 10.9 Å². The number of hydrogen-bond donors (Lipinski definition) is 2. The molecule has 0 atom stereocenters. The number of amides is 1. The Hall–Kier alpha value is -3.89. The Morgan fingerprint density at radius 2 is 2.08 bits per heavy atom. The van der Waals surface area contributed by atoms with Crippen LogP contribution in [-0.4, -0.2) is 35.3 Å². The summed E-state index contributed by atoms with van der Waals surface area (Å²) in [4.78, 5) is 38.1. The van der Waals surface area contributed by atoms with Crippen LogP contribution in [0.25, 0.3) is 5.82 Å². The van der Waals surface area contributed by atoms with Crippen LogP contribution >= 0.6 is 0 Å². The van der Waals surface area contributed by atoms with Gasteiger partial charge < -0.3 is 0 Å². The lowest BCUT2D eigenvalue weighted by Gasteiger charge is -2.09. The third kappa shape index (κ3) is 2.99. The molecule has 0 aliphatic carbocycles. The van der Waals surface area contributed by atoms with E-state index >= 15 is 0 Å². The molecule has 3 aromatic heterocycles. The molecule has 2 N–H and O–H groups in total. The van der Waals surface area contributed by atoms with Gasteiger partial charge in [0.1, 0.15) is 18.3 Å². The number of hydrogen-bond acceptors (Lipinski definition) is 8. The smallest absolute Gasteiger partial charge is 0.285 e. The van der Waals surface area contributed by atoms with Crippen molar-refractivity contribution in [2.24, 2.45) is 0 Å². The van der Waals surface area contributed by atoms with E-state index in [0.29, 0.717) is 0 Å². The van der Waals surface area contributed by atoms with Crippen LogP contribution in [0, 0.1) is 10.1 Å². The average molecular weight is 326 g/mol. The molecule has 11 heteroatoms. The molecule has 0 aliphatic rings. The van der Waals surface area contributed by atoms with Gasteiger partial charge in [-0.05, 0) is 12.1 Å². The molecule has 3 heterocycles. The van der Waals surface area contributed by atoms with Crippen LogP contribution in [0.15, 0.2) is 49.4 Å². The number of carbonyl (C=O) groups excluding carboxylic acids is 1. The minimum absolute atomic E-state index is 0.0158. The normalized spacial score (nSPS) is 10.2. The topological polar surface area (TPSA) is 141 Å². The molecule has 120 valence electrons. The van der Waals surface area contributed by atoms with Crippen molar-refractivity contribution in [3.8, 4) is 5.82 Å². The van der Waals surface area contributed by atoms with E-state index in [2.05, 4.69) is 30.8 Å². The molecule has 1 amide bonds. The maximum Gasteiger partial charge on any atom is 0.355 e. The van der Waals surface area contributed by atoms with Gasteiger partial charge in [0.15, 0.2) is 0 Å². The summed E-state index contributed by atoms with van der Waals surface area (Å²) in [5, 5.41) is 11.4. The number of nitrogens with one attached hydrogen (secondary N) is 2. The maximum atomic E-state index is 11.9. The Morgan fingerprint density at radius 3 is 2.75 bits per heavy atom. The lowest BCUT2D eigenvalue weighted by molar-refractivity contribution is -0.384. The summed E-state index contributed by atoms with van der Waals surface area (Å²) in [6.45, 7) is 0. The second kappa shape index (κ2) is 6.48. The first-order valence-corrected chi connectivity index (χ1v) is 6.62. The molecule has 0 unspecified atom stereocenters. The van der Waals surface area contributed by atoms with E-state index in [1.54, 1.807) is 12.1 Å². The first-order chi connectivity index (χ1) is 11.7. The number of hydrazine groups is 1. The van der Waals surface area contributed by atoms with E-state index in [4.69, 9.17) is 0 Å². The number of rotatable bonds is 5. The molecule has 0 fully saturated rings. The predicted octanol–water partition coefficient (Wildman–Crippen LogP) is 0.722. The number of anilines is 1. The fraction of sp³-hybridized carbons (Fsp3) is 0. The van der Waals surface area contributed by atoms with Crippen molar-refractivity contribution in [1.29, 1.82) is 0 Å². The van der Waals surface area contributed by atoms with Crippen LogP contribution in [0.2, 0.25) is 0 Å². The molecular formula is C13H10N8O3. The Balaban J connectivity index is 1.87. The van der Waals surface area contributed by atoms with Crippen LogP contribution in [0.3, 0.4) is 0 Å². The second-order valence-electron chi connectivity index (χ2n) is 4.42. The maximum absolute atomic E-state index is 11.9. The number of nitrogens with zero attached hydrogens (tertiary/aromatic N) is 6. The number of nitro groups is 1. The van der Waals surface area contributed by atoms with E-state index < -0.39 is 16.5 Å². The minimum Gasteiger partial charge on any atom is -0.285 e. The second-order valence-corrected chi connectivity index (χ2v) is 4.42. The van der Waals surface area contributed by atoms with E-state index in [1.165, 1.54) is 35.6 Å². The van der Waals surface area contributed by atoms with E-state index in [0.717, 1.165) is 6.33 Å². The fourth-order valence-corrected chi connectivity index (χ4v) is 1.88. The summed E-state index contributed by atoms with van der Waals surface area (Å²) in [6, 6.07) is 4.81. The quantitative estimate of drug-likeness (QED) is 0.516. The zero-order chi connectivity index (χ0) is 16.9. The van der Waals surface area contributed by atoms with Gasteiger partial charge in [-0.25, -0.2) is 15.0 Å². The summed E-state index contributed by atoms with van der Waals surface area (Å²) in [6.07, 6.45) is 6.93. The molecule has 0 aromatic carbocycles. The third-order valence-corrected chi connectivity index (χ3v) is 2.93. The molecular weight excluding hydrogens is 316 g/mol. The van der Waals surface area contributed by atoms with Crippen molar-refractivity contribution in [1.82, 2.24) is 29.9 Å². The molecule has 3 rings (SSSR count). The summed E-state index contributed by atoms with van der Waals surface area (Å²) < 4.78 is 1.37. The average Bonchev–Trinajstić information content (AvgIpc) is 3.14. The summed E-state index contributed by atoms with van der Waals surface area (Å²) in [7, 11) is 0. The monoisotopic (exact) mass is 326 g/mol. The Bertz CT molecular complexity index is 866. The molecule has 11 nitrogen and oxygen atoms in total. The van der Waals surface area contributed by atoms with Crippen LogP contribution in [0.5, 0.6) is 0 Å². The summed E-state index contributed by atoms with van der Waals surface area (Å²) in [5.74, 6) is -0.710. The number of carbonyl (C=O) groups is 1. The van der Waals surface area contributed by atoms with Crippen LogP contribution in [0.1, 0.15) is 10.5 Å². The standard InChI is InChI=1S/C13H10N8O3/c22-13(9-3-1-2-4-15-9)19-18-11-10(21(23)24)12(17-7-16-11)20-6-5-14-8-20/h1-8H,(H,19,22)(H,16,17,18). The first-order valence-electron chi connectivity index (χ1n) is 6.62. The highest BCUT2D eigenvalue weighted by atomic mass is 16.6. The highest BCUT2D eigenvalue weighted by molar-refractivity contribution is 5.93. The van der Waals surface area contributed by atoms with Crippen molar-refractivity contribution < 1.29 is 9.72 Å². The lowest BCUT2D eigenvalue weighted by Crippen LogP contribution is -2.31. The van der Waals surface area contributed by atoms with Crippen molar-refractivity contribution in [2.75, 3.05) is 5.43 Å². The molecule has 0 radical (unpaired) electrons. The molecule has 0 spiro atoms. The zero-order valence-corrected chi connectivity index (χ0v) is 12.0. The Kier molecular flexibility index (Phi) is 4.05. The molecule has 0 bridgehead atoms. The molecule has 0 aliphatic heterocycles. The van der Waals surface area contributed by atoms with Gasteiger partial charge in [-0.2, -0.15) is 0 Å². The molecule has 3 aromatic rings. The Morgan fingerprint density at radius 1 is 1.21 bits per heavy atom. The van der Waals surface area contributed by atoms with E-state index in [1.807, 2.05) is 0 Å². The van der Waals surface area contributed by atoms with Gasteiger partial charge in [-0.15, -0.1) is 0 Å². The predicted molar refractivity (Wildman–Crippen MR) is 81.1 cm³/mol. The SMILES string of the molecule is O=C(NNc1ncnc(-n2ccnc2)c1[N+](=O)[O-])c1ccccn1. The largest absolute Gasteiger partial charge is 0.355 e. The van der Waals surface area contributed by atoms with Crippen molar-refractivity contribution >= 4 is 17.4 Å².